The van der Waals surface area contributed by atoms with E-state index >= 15 is 0 Å². The number of alkyl halides is 3. The molecule has 0 heterocycles. The maximum absolute atomic E-state index is 12.3. The number of rotatable bonds is 6. The number of halogens is 3. The van der Waals surface area contributed by atoms with Crippen LogP contribution in [0.2, 0.25) is 0 Å². The fourth-order valence-corrected chi connectivity index (χ4v) is 1.22. The second-order valence-corrected chi connectivity index (χ2v) is 3.35. The van der Waals surface area contributed by atoms with E-state index in [9.17, 15) is 18.0 Å². The third-order valence-corrected chi connectivity index (χ3v) is 1.89. The van der Waals surface area contributed by atoms with Crippen LogP contribution in [0.1, 0.15) is 13.3 Å². The lowest BCUT2D eigenvalue weighted by atomic mass is 10.1. The highest BCUT2D eigenvalue weighted by Gasteiger charge is 2.40. The molecule has 1 N–H and O–H groups in total. The summed E-state index contributed by atoms with van der Waals surface area (Å²) in [6, 6.07) is 1.14. The molecule has 1 unspecified atom stereocenters. The lowest BCUT2D eigenvalue weighted by molar-refractivity contribution is -0.165. The molecule has 0 aliphatic rings. The Morgan fingerprint density at radius 2 is 2.12 bits per heavy atom. The predicted molar refractivity (Wildman–Crippen MR) is 49.5 cm³/mol. The number of carboxylic acids is 1. The molecule has 0 aromatic carbocycles. The second-order valence-electron chi connectivity index (χ2n) is 3.35. The van der Waals surface area contributed by atoms with Crippen molar-refractivity contribution in [3.05, 3.63) is 0 Å². The standard InChI is InChI=1S/C9H13F3N2O2/c1-2-3-14(6-8(15)16)5-7(4-13)9(10,11)12/h7H,2-3,5-6H2,1H3,(H,15,16). The first-order valence-electron chi connectivity index (χ1n) is 4.71. The van der Waals surface area contributed by atoms with Crippen LogP contribution < -0.4 is 0 Å². The minimum absolute atomic E-state index is 0.223. The van der Waals surface area contributed by atoms with Gasteiger partial charge in [0.05, 0.1) is 12.6 Å². The minimum Gasteiger partial charge on any atom is -0.480 e. The van der Waals surface area contributed by atoms with Crippen LogP contribution in [0, 0.1) is 17.2 Å². The van der Waals surface area contributed by atoms with E-state index in [4.69, 9.17) is 10.4 Å². The number of hydrogen-bond donors (Lipinski definition) is 1. The van der Waals surface area contributed by atoms with Crippen molar-refractivity contribution in [2.45, 2.75) is 19.5 Å². The van der Waals surface area contributed by atoms with Crippen molar-refractivity contribution in [3.8, 4) is 6.07 Å². The van der Waals surface area contributed by atoms with Crippen LogP contribution in [0.4, 0.5) is 13.2 Å². The first-order chi connectivity index (χ1) is 7.31. The molecule has 7 heteroatoms. The summed E-state index contributed by atoms with van der Waals surface area (Å²) >= 11 is 0. The fraction of sp³-hybridized carbons (Fsp3) is 0.778. The molecule has 0 aliphatic carbocycles. The average molecular weight is 238 g/mol. The van der Waals surface area contributed by atoms with Crippen LogP contribution in [-0.4, -0.2) is 41.8 Å². The van der Waals surface area contributed by atoms with Gasteiger partial charge < -0.3 is 5.11 Å². The molecule has 4 nitrogen and oxygen atoms in total. The molecule has 0 amide bonds. The summed E-state index contributed by atoms with van der Waals surface area (Å²) < 4.78 is 36.8. The molecule has 0 saturated carbocycles. The fourth-order valence-electron chi connectivity index (χ4n) is 1.22. The quantitative estimate of drug-likeness (QED) is 0.761. The lowest BCUT2D eigenvalue weighted by Gasteiger charge is -2.23. The zero-order valence-electron chi connectivity index (χ0n) is 8.79. The molecular weight excluding hydrogens is 225 g/mol. The van der Waals surface area contributed by atoms with Gasteiger partial charge in [0, 0.05) is 6.54 Å². The van der Waals surface area contributed by atoms with Crippen LogP contribution >= 0.6 is 0 Å². The Labute approximate surface area is 91.3 Å². The van der Waals surface area contributed by atoms with Crippen molar-refractivity contribution in [1.29, 1.82) is 5.26 Å². The highest BCUT2D eigenvalue weighted by molar-refractivity contribution is 5.69. The van der Waals surface area contributed by atoms with Crippen molar-refractivity contribution in [3.63, 3.8) is 0 Å². The first-order valence-corrected chi connectivity index (χ1v) is 4.71. The van der Waals surface area contributed by atoms with Crippen LogP contribution in [0.15, 0.2) is 0 Å². The van der Waals surface area contributed by atoms with Crippen molar-refractivity contribution in [1.82, 2.24) is 4.90 Å². The average Bonchev–Trinajstić information content (AvgIpc) is 2.11. The normalized spacial score (nSPS) is 13.5. The first kappa shape index (κ1) is 14.7. The van der Waals surface area contributed by atoms with E-state index in [1.54, 1.807) is 6.92 Å². The summed E-state index contributed by atoms with van der Waals surface area (Å²) in [5, 5.41) is 16.9. The maximum Gasteiger partial charge on any atom is 0.405 e. The molecule has 0 bridgehead atoms. The van der Waals surface area contributed by atoms with E-state index in [0.717, 1.165) is 11.0 Å². The summed E-state index contributed by atoms with van der Waals surface area (Å²) in [6.45, 7) is 0.868. The molecule has 1 atom stereocenters. The predicted octanol–water partition coefficient (Wildman–Crippen LogP) is 1.49. The van der Waals surface area contributed by atoms with Gasteiger partial charge in [-0.25, -0.2) is 0 Å². The summed E-state index contributed by atoms with van der Waals surface area (Å²) in [6.07, 6.45) is -4.08. The van der Waals surface area contributed by atoms with Crippen LogP contribution in [0.25, 0.3) is 0 Å². The Kier molecular flexibility index (Phi) is 5.82. The molecule has 0 radical (unpaired) electrons. The van der Waals surface area contributed by atoms with Gasteiger partial charge in [-0.05, 0) is 13.0 Å². The Morgan fingerprint density at radius 3 is 2.44 bits per heavy atom. The number of nitriles is 1. The van der Waals surface area contributed by atoms with Gasteiger partial charge in [0.2, 0.25) is 0 Å². The Morgan fingerprint density at radius 1 is 1.56 bits per heavy atom. The van der Waals surface area contributed by atoms with E-state index in [1.165, 1.54) is 0 Å². The molecular formula is C9H13F3N2O2. The van der Waals surface area contributed by atoms with E-state index in [2.05, 4.69) is 0 Å². The molecule has 16 heavy (non-hydrogen) atoms. The van der Waals surface area contributed by atoms with Crippen molar-refractivity contribution in [2.24, 2.45) is 5.92 Å². The monoisotopic (exact) mass is 238 g/mol. The molecule has 0 fully saturated rings. The summed E-state index contributed by atoms with van der Waals surface area (Å²) in [5.74, 6) is -3.34. The molecule has 92 valence electrons. The van der Waals surface area contributed by atoms with Gasteiger partial charge in [-0.15, -0.1) is 0 Å². The Bertz CT molecular complexity index is 273. The molecule has 0 saturated heterocycles. The van der Waals surface area contributed by atoms with E-state index in [-0.39, 0.29) is 6.54 Å². The van der Waals surface area contributed by atoms with E-state index < -0.39 is 31.2 Å². The molecule has 0 aromatic heterocycles. The minimum atomic E-state index is -4.61. The van der Waals surface area contributed by atoms with E-state index in [1.807, 2.05) is 0 Å². The Hall–Kier alpha value is -1.29. The van der Waals surface area contributed by atoms with Crippen LogP contribution in [0.5, 0.6) is 0 Å². The molecule has 0 spiro atoms. The number of hydrogen-bond acceptors (Lipinski definition) is 3. The van der Waals surface area contributed by atoms with Gasteiger partial charge in [0.25, 0.3) is 0 Å². The second kappa shape index (κ2) is 6.33. The van der Waals surface area contributed by atoms with Crippen LogP contribution in [0.3, 0.4) is 0 Å². The Balaban J connectivity index is 4.48. The van der Waals surface area contributed by atoms with Crippen molar-refractivity contribution in [2.75, 3.05) is 19.6 Å². The summed E-state index contributed by atoms with van der Waals surface area (Å²) in [7, 11) is 0. The molecule has 0 aromatic rings. The maximum atomic E-state index is 12.3. The highest BCUT2D eigenvalue weighted by atomic mass is 19.4. The topological polar surface area (TPSA) is 64.3 Å². The van der Waals surface area contributed by atoms with Gasteiger partial charge in [-0.2, -0.15) is 18.4 Å². The number of aliphatic carboxylic acids is 1. The van der Waals surface area contributed by atoms with Crippen molar-refractivity contribution < 1.29 is 23.1 Å². The van der Waals surface area contributed by atoms with Gasteiger partial charge in [-0.3, -0.25) is 9.69 Å². The third-order valence-electron chi connectivity index (χ3n) is 1.89. The van der Waals surface area contributed by atoms with Gasteiger partial charge in [0.1, 0.15) is 0 Å². The smallest absolute Gasteiger partial charge is 0.405 e. The molecule has 0 aliphatic heterocycles. The van der Waals surface area contributed by atoms with Gasteiger partial charge in [-0.1, -0.05) is 6.92 Å². The SMILES string of the molecule is CCCN(CC(=O)O)CC(C#N)C(F)(F)F. The van der Waals surface area contributed by atoms with Gasteiger partial charge in [0.15, 0.2) is 5.92 Å². The summed E-state index contributed by atoms with van der Waals surface area (Å²) in [5.41, 5.74) is 0. The summed E-state index contributed by atoms with van der Waals surface area (Å²) in [4.78, 5) is 11.5. The molecule has 0 rings (SSSR count). The third kappa shape index (κ3) is 5.56. The zero-order chi connectivity index (χ0) is 12.8. The lowest BCUT2D eigenvalue weighted by Crippen LogP contribution is -2.39. The van der Waals surface area contributed by atoms with Crippen molar-refractivity contribution >= 4 is 5.97 Å². The van der Waals surface area contributed by atoms with E-state index in [0.29, 0.717) is 6.42 Å². The van der Waals surface area contributed by atoms with Crippen LogP contribution in [-0.2, 0) is 4.79 Å². The largest absolute Gasteiger partial charge is 0.480 e. The van der Waals surface area contributed by atoms with Gasteiger partial charge >= 0.3 is 12.1 Å². The number of nitrogens with zero attached hydrogens (tertiary/aromatic N) is 2. The zero-order valence-corrected chi connectivity index (χ0v) is 8.79. The number of carbonyl (C=O) groups is 1. The highest BCUT2D eigenvalue weighted by Crippen LogP contribution is 2.26. The number of carboxylic acid groups (broad SMARTS) is 1.